The zero-order chi connectivity index (χ0) is 20.3. The summed E-state index contributed by atoms with van der Waals surface area (Å²) >= 11 is 7.48. The standard InChI is InChI=1S/C25H54ClP/c1-5-9-10-11-12-13-14-15-16-17-18-19-20-21-25-27(26,22-6-2,23-7-3)24-8-4/h5-25H2,1-4H3. The van der Waals surface area contributed by atoms with Gasteiger partial charge in [-0.15, -0.1) is 0 Å². The molecule has 0 fully saturated rings. The third kappa shape index (κ3) is 14.4. The second kappa shape index (κ2) is 17.6. The van der Waals surface area contributed by atoms with Gasteiger partial charge in [0, 0.05) is 0 Å². The number of hydrogen-bond acceptors (Lipinski definition) is 0. The van der Waals surface area contributed by atoms with E-state index in [0.717, 1.165) is 0 Å². The van der Waals surface area contributed by atoms with Crippen LogP contribution < -0.4 is 0 Å². The second-order valence-corrected chi connectivity index (χ2v) is 17.6. The van der Waals surface area contributed by atoms with Gasteiger partial charge in [0.25, 0.3) is 0 Å². The molecule has 0 aromatic heterocycles. The van der Waals surface area contributed by atoms with E-state index in [1.165, 1.54) is 134 Å². The van der Waals surface area contributed by atoms with Crippen molar-refractivity contribution in [1.29, 1.82) is 0 Å². The summed E-state index contributed by atoms with van der Waals surface area (Å²) in [7, 11) is 0. The van der Waals surface area contributed by atoms with E-state index >= 15 is 0 Å². The van der Waals surface area contributed by atoms with E-state index in [2.05, 4.69) is 27.7 Å². The predicted octanol–water partition coefficient (Wildman–Crippen LogP) is 10.4. The van der Waals surface area contributed by atoms with Crippen LogP contribution in [0.25, 0.3) is 0 Å². The summed E-state index contributed by atoms with van der Waals surface area (Å²) in [6, 6.07) is 0. The number of unbranched alkanes of at least 4 members (excludes halogenated alkanes) is 13. The van der Waals surface area contributed by atoms with E-state index in [0.29, 0.717) is 0 Å². The fourth-order valence-electron chi connectivity index (χ4n) is 5.05. The van der Waals surface area contributed by atoms with Crippen molar-refractivity contribution in [2.75, 3.05) is 24.6 Å². The molecule has 0 rings (SSSR count). The van der Waals surface area contributed by atoms with E-state index in [4.69, 9.17) is 11.2 Å². The van der Waals surface area contributed by atoms with Crippen LogP contribution in [0.5, 0.6) is 0 Å². The molecular weight excluding hydrogens is 367 g/mol. The first kappa shape index (κ1) is 27.7. The molecule has 166 valence electrons. The van der Waals surface area contributed by atoms with Gasteiger partial charge in [0.15, 0.2) is 0 Å². The monoisotopic (exact) mass is 420 g/mol. The van der Waals surface area contributed by atoms with Crippen molar-refractivity contribution in [2.45, 2.75) is 137 Å². The van der Waals surface area contributed by atoms with Crippen molar-refractivity contribution >= 4 is 17.2 Å². The minimum absolute atomic E-state index is 1.28. The number of halogens is 1. The van der Waals surface area contributed by atoms with Crippen LogP contribution in [0.15, 0.2) is 0 Å². The van der Waals surface area contributed by atoms with E-state index in [1.807, 2.05) is 0 Å². The minimum atomic E-state index is -1.91. The van der Waals surface area contributed by atoms with E-state index < -0.39 is 5.96 Å². The molecule has 0 saturated carbocycles. The Bertz CT molecular complexity index is 296. The maximum atomic E-state index is 7.48. The van der Waals surface area contributed by atoms with Gasteiger partial charge >= 0.3 is 153 Å². The van der Waals surface area contributed by atoms with Crippen molar-refractivity contribution in [3.8, 4) is 0 Å². The van der Waals surface area contributed by atoms with Crippen molar-refractivity contribution in [2.24, 2.45) is 0 Å². The molecule has 0 aromatic carbocycles. The molecule has 0 heterocycles. The van der Waals surface area contributed by atoms with Gasteiger partial charge in [0.05, 0.1) is 0 Å². The van der Waals surface area contributed by atoms with Gasteiger partial charge in [-0.3, -0.25) is 0 Å². The predicted molar refractivity (Wildman–Crippen MR) is 133 cm³/mol. The van der Waals surface area contributed by atoms with Crippen LogP contribution in [-0.4, -0.2) is 24.6 Å². The molecule has 0 aliphatic rings. The van der Waals surface area contributed by atoms with Gasteiger partial charge in [-0.2, -0.15) is 0 Å². The maximum absolute atomic E-state index is 7.48. The van der Waals surface area contributed by atoms with Gasteiger partial charge in [-0.25, -0.2) is 0 Å². The molecule has 0 amide bonds. The first-order chi connectivity index (χ1) is 13.0. The SMILES string of the molecule is CCCCCCCCCCCCCCCCP(Cl)(CCC)(CCC)CCC. The molecule has 0 N–H and O–H groups in total. The molecule has 0 unspecified atom stereocenters. The van der Waals surface area contributed by atoms with Gasteiger partial charge in [-0.05, 0) is 0 Å². The first-order valence-electron chi connectivity index (χ1n) is 12.8. The van der Waals surface area contributed by atoms with Crippen LogP contribution in [0.4, 0.5) is 0 Å². The Kier molecular flexibility index (Phi) is 18.0. The summed E-state index contributed by atoms with van der Waals surface area (Å²) < 4.78 is 0. The quantitative estimate of drug-likeness (QED) is 0.128. The summed E-state index contributed by atoms with van der Waals surface area (Å²) in [6.07, 6.45) is 29.4. The average molecular weight is 421 g/mol. The third-order valence-corrected chi connectivity index (χ3v) is 14.6. The molecule has 27 heavy (non-hydrogen) atoms. The molecule has 0 radical (unpaired) electrons. The van der Waals surface area contributed by atoms with Gasteiger partial charge in [0.1, 0.15) is 0 Å². The molecule has 0 bridgehead atoms. The van der Waals surface area contributed by atoms with Crippen LogP contribution in [-0.2, 0) is 0 Å². The van der Waals surface area contributed by atoms with Gasteiger partial charge in [0.2, 0.25) is 0 Å². The van der Waals surface area contributed by atoms with Crippen LogP contribution >= 0.6 is 17.2 Å². The topological polar surface area (TPSA) is 0 Å². The molecule has 0 aromatic rings. The van der Waals surface area contributed by atoms with Crippen LogP contribution in [0.3, 0.4) is 0 Å². The van der Waals surface area contributed by atoms with Crippen LogP contribution in [0, 0.1) is 0 Å². The Morgan fingerprint density at radius 3 is 0.963 bits per heavy atom. The normalized spacial score (nSPS) is 13.6. The number of rotatable bonds is 21. The summed E-state index contributed by atoms with van der Waals surface area (Å²) in [5, 5.41) is 0. The summed E-state index contributed by atoms with van der Waals surface area (Å²) in [6.45, 7) is 9.30. The molecule has 0 saturated heterocycles. The number of hydrogen-bond donors (Lipinski definition) is 0. The summed E-state index contributed by atoms with van der Waals surface area (Å²) in [4.78, 5) is 0. The summed E-state index contributed by atoms with van der Waals surface area (Å²) in [5.41, 5.74) is 0. The first-order valence-corrected chi connectivity index (χ1v) is 16.6. The van der Waals surface area contributed by atoms with Crippen LogP contribution in [0.1, 0.15) is 137 Å². The molecule has 0 aliphatic heterocycles. The van der Waals surface area contributed by atoms with Gasteiger partial charge in [-0.1, -0.05) is 26.2 Å². The zero-order valence-corrected chi connectivity index (χ0v) is 21.3. The van der Waals surface area contributed by atoms with E-state index in [-0.39, 0.29) is 0 Å². The third-order valence-electron chi connectivity index (χ3n) is 6.42. The van der Waals surface area contributed by atoms with E-state index in [9.17, 15) is 0 Å². The molecule has 0 atom stereocenters. The van der Waals surface area contributed by atoms with E-state index in [1.54, 1.807) is 0 Å². The Hall–Kier alpha value is 0.720. The molecular formula is C25H54ClP. The Labute approximate surface area is 178 Å². The zero-order valence-electron chi connectivity index (χ0n) is 19.7. The Morgan fingerprint density at radius 2 is 0.667 bits per heavy atom. The molecule has 2 heteroatoms. The van der Waals surface area contributed by atoms with Crippen molar-refractivity contribution in [3.05, 3.63) is 0 Å². The molecule has 0 nitrogen and oxygen atoms in total. The Balaban J connectivity index is 3.70. The van der Waals surface area contributed by atoms with Gasteiger partial charge < -0.3 is 0 Å². The Morgan fingerprint density at radius 1 is 0.370 bits per heavy atom. The average Bonchev–Trinajstić information content (AvgIpc) is 2.63. The molecule has 0 spiro atoms. The molecule has 0 aliphatic carbocycles. The van der Waals surface area contributed by atoms with Crippen molar-refractivity contribution < 1.29 is 0 Å². The van der Waals surface area contributed by atoms with Crippen molar-refractivity contribution in [1.82, 2.24) is 0 Å². The summed E-state index contributed by atoms with van der Waals surface area (Å²) in [5.74, 6) is -1.91. The fourth-order valence-corrected chi connectivity index (χ4v) is 12.6. The second-order valence-electron chi connectivity index (χ2n) is 9.31. The van der Waals surface area contributed by atoms with Crippen LogP contribution in [0.2, 0.25) is 0 Å². The fraction of sp³-hybridized carbons (Fsp3) is 1.00. The van der Waals surface area contributed by atoms with Crippen molar-refractivity contribution in [3.63, 3.8) is 0 Å².